The minimum Gasteiger partial charge on any atom is -0.381 e. The molecule has 0 aliphatic carbocycles. The molecule has 5 rings (SSSR count). The molecule has 2 aliphatic heterocycles. The lowest BCUT2D eigenvalue weighted by Gasteiger charge is -2.52. The second kappa shape index (κ2) is 7.99. The normalized spacial score (nSPS) is 18.9. The summed E-state index contributed by atoms with van der Waals surface area (Å²) in [6.45, 7) is 4.07. The standard InChI is InChI=1S/C21H25FN8O2/c1-28-6-7-29(13-21(28)3-8-32-9-4-21)16-2-5-24-11-15(16)26-20(31)17-18(23)27-30-12-14(22)10-25-19(17)30/h2,5,10-12H,3-4,6-9,13H2,1H3,(H2,23,27)(H,26,31). The number of nitrogens with one attached hydrogen (secondary N) is 1. The number of anilines is 3. The maximum atomic E-state index is 13.5. The van der Waals surface area contributed by atoms with Crippen LogP contribution < -0.4 is 16.0 Å². The van der Waals surface area contributed by atoms with E-state index in [4.69, 9.17) is 10.5 Å². The number of piperazine rings is 1. The fraction of sp³-hybridized carbons (Fsp3) is 0.429. The molecule has 168 valence electrons. The number of aromatic nitrogens is 4. The van der Waals surface area contributed by atoms with Crippen molar-refractivity contribution in [3.05, 3.63) is 42.2 Å². The van der Waals surface area contributed by atoms with Gasteiger partial charge in [-0.25, -0.2) is 13.9 Å². The number of nitrogens with zero attached hydrogens (tertiary/aromatic N) is 6. The summed E-state index contributed by atoms with van der Waals surface area (Å²) < 4.78 is 20.2. The van der Waals surface area contributed by atoms with E-state index in [0.717, 1.165) is 63.8 Å². The molecular weight excluding hydrogens is 415 g/mol. The molecule has 3 N–H and O–H groups in total. The molecule has 0 aromatic carbocycles. The molecule has 10 nitrogen and oxygen atoms in total. The minimum absolute atomic E-state index is 0.0215. The first-order valence-electron chi connectivity index (χ1n) is 10.6. The van der Waals surface area contributed by atoms with Gasteiger partial charge in [0.1, 0.15) is 5.56 Å². The third kappa shape index (κ3) is 3.53. The predicted molar refractivity (Wildman–Crippen MR) is 117 cm³/mol. The summed E-state index contributed by atoms with van der Waals surface area (Å²) in [7, 11) is 2.17. The van der Waals surface area contributed by atoms with Gasteiger partial charge >= 0.3 is 0 Å². The molecule has 3 aromatic heterocycles. The number of carbonyl (C=O) groups is 1. The number of halogens is 1. The van der Waals surface area contributed by atoms with Gasteiger partial charge in [0.05, 0.1) is 30.0 Å². The number of rotatable bonds is 3. The van der Waals surface area contributed by atoms with Crippen LogP contribution in [0.5, 0.6) is 0 Å². The highest BCUT2D eigenvalue weighted by Crippen LogP contribution is 2.35. The average molecular weight is 440 g/mol. The van der Waals surface area contributed by atoms with Gasteiger partial charge in [0, 0.05) is 44.6 Å². The number of carbonyl (C=O) groups excluding carboxylic acids is 1. The Bertz CT molecular complexity index is 1160. The monoisotopic (exact) mass is 440 g/mol. The average Bonchev–Trinajstić information content (AvgIpc) is 3.11. The molecular formula is C21H25FN8O2. The van der Waals surface area contributed by atoms with Gasteiger partial charge in [0.2, 0.25) is 0 Å². The van der Waals surface area contributed by atoms with Crippen LogP contribution in [-0.2, 0) is 4.74 Å². The van der Waals surface area contributed by atoms with Crippen LogP contribution in [0.3, 0.4) is 0 Å². The van der Waals surface area contributed by atoms with E-state index < -0.39 is 11.7 Å². The lowest BCUT2D eigenvalue weighted by molar-refractivity contribution is -0.0220. The van der Waals surface area contributed by atoms with E-state index in [2.05, 4.69) is 37.2 Å². The van der Waals surface area contributed by atoms with Crippen molar-refractivity contribution in [2.24, 2.45) is 0 Å². The van der Waals surface area contributed by atoms with Crippen LogP contribution in [-0.4, -0.2) is 75.8 Å². The van der Waals surface area contributed by atoms with Gasteiger partial charge in [-0.1, -0.05) is 0 Å². The Balaban J connectivity index is 1.43. The number of pyridine rings is 1. The van der Waals surface area contributed by atoms with Crippen molar-refractivity contribution in [1.82, 2.24) is 24.5 Å². The Hall–Kier alpha value is -3.31. The number of nitrogen functional groups attached to an aromatic ring is 1. The van der Waals surface area contributed by atoms with Crippen molar-refractivity contribution in [3.63, 3.8) is 0 Å². The van der Waals surface area contributed by atoms with E-state index >= 15 is 0 Å². The summed E-state index contributed by atoms with van der Waals surface area (Å²) in [5.41, 5.74) is 7.74. The molecule has 0 bridgehead atoms. The van der Waals surface area contributed by atoms with Gasteiger partial charge in [-0.15, -0.1) is 5.10 Å². The van der Waals surface area contributed by atoms with Gasteiger partial charge in [-0.3, -0.25) is 14.7 Å². The van der Waals surface area contributed by atoms with Crippen LogP contribution in [0.4, 0.5) is 21.6 Å². The maximum absolute atomic E-state index is 13.5. The lowest BCUT2D eigenvalue weighted by atomic mass is 9.85. The molecule has 5 heterocycles. The first kappa shape index (κ1) is 20.6. The highest BCUT2D eigenvalue weighted by Gasteiger charge is 2.41. The fourth-order valence-electron chi connectivity index (χ4n) is 4.65. The number of hydrogen-bond donors (Lipinski definition) is 2. The van der Waals surface area contributed by atoms with Crippen LogP contribution in [0.15, 0.2) is 30.9 Å². The van der Waals surface area contributed by atoms with E-state index in [0.29, 0.717) is 5.69 Å². The Morgan fingerprint density at radius 2 is 2.09 bits per heavy atom. The van der Waals surface area contributed by atoms with E-state index in [1.54, 1.807) is 12.4 Å². The maximum Gasteiger partial charge on any atom is 0.263 e. The number of likely N-dealkylation sites (N-methyl/N-ethyl adjacent to an activating group) is 1. The molecule has 2 aliphatic rings. The molecule has 1 amide bonds. The molecule has 32 heavy (non-hydrogen) atoms. The second-order valence-electron chi connectivity index (χ2n) is 8.33. The number of ether oxygens (including phenoxy) is 1. The van der Waals surface area contributed by atoms with Gasteiger partial charge in [-0.2, -0.15) is 0 Å². The Kier molecular flexibility index (Phi) is 5.14. The van der Waals surface area contributed by atoms with Crippen molar-refractivity contribution >= 4 is 28.7 Å². The van der Waals surface area contributed by atoms with E-state index in [9.17, 15) is 9.18 Å². The minimum atomic E-state index is -0.571. The third-order valence-corrected chi connectivity index (χ3v) is 6.51. The zero-order chi connectivity index (χ0) is 22.3. The zero-order valence-corrected chi connectivity index (χ0v) is 17.8. The summed E-state index contributed by atoms with van der Waals surface area (Å²) in [5, 5.41) is 6.91. The van der Waals surface area contributed by atoms with Gasteiger partial charge in [0.25, 0.3) is 5.91 Å². The van der Waals surface area contributed by atoms with E-state index in [1.165, 1.54) is 4.52 Å². The molecule has 11 heteroatoms. The molecule has 0 radical (unpaired) electrons. The number of nitrogens with two attached hydrogens (primary N) is 1. The van der Waals surface area contributed by atoms with Crippen molar-refractivity contribution in [2.45, 2.75) is 18.4 Å². The Morgan fingerprint density at radius 3 is 2.91 bits per heavy atom. The summed E-state index contributed by atoms with van der Waals surface area (Å²) >= 11 is 0. The lowest BCUT2D eigenvalue weighted by Crippen LogP contribution is -2.63. The summed E-state index contributed by atoms with van der Waals surface area (Å²) in [6, 6.07) is 1.90. The van der Waals surface area contributed by atoms with Gasteiger partial charge in [-0.05, 0) is 26.0 Å². The van der Waals surface area contributed by atoms with Gasteiger partial charge in [0.15, 0.2) is 17.3 Å². The molecule has 2 saturated heterocycles. The second-order valence-corrected chi connectivity index (χ2v) is 8.33. The highest BCUT2D eigenvalue weighted by molar-refractivity contribution is 6.12. The van der Waals surface area contributed by atoms with Crippen LogP contribution in [0.1, 0.15) is 23.2 Å². The number of fused-ring (bicyclic) bond motifs is 1. The molecule has 2 fully saturated rings. The molecule has 0 saturated carbocycles. The molecule has 3 aromatic rings. The number of amides is 1. The first-order chi connectivity index (χ1) is 15.5. The highest BCUT2D eigenvalue weighted by atomic mass is 19.1. The predicted octanol–water partition coefficient (Wildman–Crippen LogP) is 1.40. The molecule has 1 spiro atoms. The zero-order valence-electron chi connectivity index (χ0n) is 17.8. The van der Waals surface area contributed by atoms with Crippen molar-refractivity contribution < 1.29 is 13.9 Å². The third-order valence-electron chi connectivity index (χ3n) is 6.51. The summed E-state index contributed by atoms with van der Waals surface area (Å²) in [5.74, 6) is -1.06. The van der Waals surface area contributed by atoms with Crippen molar-refractivity contribution in [1.29, 1.82) is 0 Å². The van der Waals surface area contributed by atoms with E-state index in [-0.39, 0.29) is 22.6 Å². The van der Waals surface area contributed by atoms with Crippen LogP contribution in [0, 0.1) is 5.82 Å². The smallest absolute Gasteiger partial charge is 0.263 e. The van der Waals surface area contributed by atoms with Crippen LogP contribution in [0.2, 0.25) is 0 Å². The summed E-state index contributed by atoms with van der Waals surface area (Å²) in [6.07, 6.45) is 7.43. The molecule has 0 unspecified atom stereocenters. The Morgan fingerprint density at radius 1 is 1.28 bits per heavy atom. The van der Waals surface area contributed by atoms with Gasteiger partial charge < -0.3 is 20.7 Å². The Labute approximate surface area is 184 Å². The van der Waals surface area contributed by atoms with E-state index in [1.807, 2.05) is 6.07 Å². The SMILES string of the molecule is CN1CCN(c2ccncc2NC(=O)c2c(N)nn3cc(F)cnc23)CC12CCOCC2. The summed E-state index contributed by atoms with van der Waals surface area (Å²) in [4.78, 5) is 26.0. The quantitative estimate of drug-likeness (QED) is 0.628. The van der Waals surface area contributed by atoms with Crippen molar-refractivity contribution in [2.75, 3.05) is 55.8 Å². The first-order valence-corrected chi connectivity index (χ1v) is 10.6. The van der Waals surface area contributed by atoms with Crippen molar-refractivity contribution in [3.8, 4) is 0 Å². The largest absolute Gasteiger partial charge is 0.381 e. The molecule has 0 atom stereocenters. The fourth-order valence-corrected chi connectivity index (χ4v) is 4.65. The van der Waals surface area contributed by atoms with Crippen LogP contribution >= 0.6 is 0 Å². The topological polar surface area (TPSA) is 114 Å². The van der Waals surface area contributed by atoms with Crippen LogP contribution in [0.25, 0.3) is 5.65 Å². The number of hydrogen-bond acceptors (Lipinski definition) is 8.